The standard InChI is InChI=1S/C12H19N3OS/c1-7(2)6-8(13)11(16)15-12-14-9-4-3-5-10(9)17-12/h7-8H,3-6,13H2,1-2H3,(H,14,15,16)/t8-/m0/s1. The van der Waals surface area contributed by atoms with Crippen molar-refractivity contribution in [1.82, 2.24) is 4.98 Å². The fourth-order valence-corrected chi connectivity index (χ4v) is 3.11. The van der Waals surface area contributed by atoms with Crippen molar-refractivity contribution < 1.29 is 4.79 Å². The monoisotopic (exact) mass is 253 g/mol. The maximum Gasteiger partial charge on any atom is 0.243 e. The van der Waals surface area contributed by atoms with Crippen LogP contribution in [0, 0.1) is 5.92 Å². The van der Waals surface area contributed by atoms with Gasteiger partial charge in [0.15, 0.2) is 5.13 Å². The van der Waals surface area contributed by atoms with Crippen LogP contribution in [0.4, 0.5) is 5.13 Å². The van der Waals surface area contributed by atoms with Gasteiger partial charge in [0, 0.05) is 4.88 Å². The molecule has 1 aliphatic rings. The number of rotatable bonds is 4. The number of amides is 1. The third-order valence-electron chi connectivity index (χ3n) is 2.89. The predicted octanol–water partition coefficient (Wildman–Crippen LogP) is 1.94. The summed E-state index contributed by atoms with van der Waals surface area (Å²) >= 11 is 1.59. The Hall–Kier alpha value is -0.940. The molecule has 2 rings (SSSR count). The molecule has 0 saturated carbocycles. The van der Waals surface area contributed by atoms with E-state index in [9.17, 15) is 4.79 Å². The number of nitrogens with zero attached hydrogens (tertiary/aromatic N) is 1. The first-order chi connectivity index (χ1) is 8.06. The number of nitrogens with one attached hydrogen (secondary N) is 1. The summed E-state index contributed by atoms with van der Waals surface area (Å²) in [7, 11) is 0. The number of hydrogen-bond acceptors (Lipinski definition) is 4. The molecule has 1 aromatic heterocycles. The molecule has 1 amide bonds. The van der Waals surface area contributed by atoms with E-state index in [2.05, 4.69) is 24.1 Å². The minimum atomic E-state index is -0.436. The summed E-state index contributed by atoms with van der Waals surface area (Å²) in [6.07, 6.45) is 4.03. The van der Waals surface area contributed by atoms with Crippen LogP contribution in [0.5, 0.6) is 0 Å². The summed E-state index contributed by atoms with van der Waals surface area (Å²) < 4.78 is 0. The molecule has 1 atom stereocenters. The van der Waals surface area contributed by atoms with Crippen LogP contribution in [0.2, 0.25) is 0 Å². The Morgan fingerprint density at radius 3 is 2.94 bits per heavy atom. The number of thiazole rings is 1. The number of fused-ring (bicyclic) bond motifs is 1. The lowest BCUT2D eigenvalue weighted by Gasteiger charge is -2.12. The van der Waals surface area contributed by atoms with Gasteiger partial charge in [-0.3, -0.25) is 4.79 Å². The van der Waals surface area contributed by atoms with E-state index in [1.165, 1.54) is 11.3 Å². The minimum absolute atomic E-state index is 0.119. The molecule has 94 valence electrons. The van der Waals surface area contributed by atoms with Crippen LogP contribution in [0.25, 0.3) is 0 Å². The van der Waals surface area contributed by atoms with Gasteiger partial charge in [0.05, 0.1) is 11.7 Å². The molecule has 17 heavy (non-hydrogen) atoms. The van der Waals surface area contributed by atoms with E-state index in [-0.39, 0.29) is 5.91 Å². The lowest BCUT2D eigenvalue weighted by molar-refractivity contribution is -0.117. The quantitative estimate of drug-likeness (QED) is 0.861. The Kier molecular flexibility index (Phi) is 3.79. The third-order valence-corrected chi connectivity index (χ3v) is 3.96. The third kappa shape index (κ3) is 3.04. The summed E-state index contributed by atoms with van der Waals surface area (Å²) in [4.78, 5) is 17.5. The Balaban J connectivity index is 1.93. The average Bonchev–Trinajstić information content (AvgIpc) is 2.76. The van der Waals surface area contributed by atoms with Crippen molar-refractivity contribution in [2.75, 3.05) is 5.32 Å². The van der Waals surface area contributed by atoms with E-state index < -0.39 is 6.04 Å². The Morgan fingerprint density at radius 2 is 2.29 bits per heavy atom. The predicted molar refractivity (Wildman–Crippen MR) is 70.2 cm³/mol. The summed E-state index contributed by atoms with van der Waals surface area (Å²) in [6, 6.07) is -0.436. The lowest BCUT2D eigenvalue weighted by Crippen LogP contribution is -2.36. The number of anilines is 1. The van der Waals surface area contributed by atoms with Crippen LogP contribution in [-0.2, 0) is 17.6 Å². The normalized spacial score (nSPS) is 16.0. The molecule has 0 unspecified atom stereocenters. The van der Waals surface area contributed by atoms with Crippen molar-refractivity contribution in [3.63, 3.8) is 0 Å². The van der Waals surface area contributed by atoms with Crippen molar-refractivity contribution in [3.8, 4) is 0 Å². The first-order valence-corrected chi connectivity index (χ1v) is 6.93. The van der Waals surface area contributed by atoms with Crippen LogP contribution in [-0.4, -0.2) is 16.9 Å². The first-order valence-electron chi connectivity index (χ1n) is 6.11. The van der Waals surface area contributed by atoms with Crippen LogP contribution >= 0.6 is 11.3 Å². The highest BCUT2D eigenvalue weighted by Crippen LogP contribution is 2.30. The fraction of sp³-hybridized carbons (Fsp3) is 0.667. The summed E-state index contributed by atoms with van der Waals surface area (Å²) in [6.45, 7) is 4.12. The molecule has 0 bridgehead atoms. The molecule has 4 nitrogen and oxygen atoms in total. The zero-order valence-electron chi connectivity index (χ0n) is 10.3. The van der Waals surface area contributed by atoms with Gasteiger partial charge in [-0.25, -0.2) is 4.98 Å². The Bertz CT molecular complexity index is 392. The molecular weight excluding hydrogens is 234 g/mol. The van der Waals surface area contributed by atoms with Gasteiger partial charge < -0.3 is 11.1 Å². The molecule has 0 aliphatic heterocycles. The number of carbonyl (C=O) groups excluding carboxylic acids is 1. The summed E-state index contributed by atoms with van der Waals surface area (Å²) in [5.74, 6) is 0.308. The maximum atomic E-state index is 11.8. The van der Waals surface area contributed by atoms with Gasteiger partial charge in [-0.2, -0.15) is 0 Å². The number of aromatic nitrogens is 1. The van der Waals surface area contributed by atoms with Gasteiger partial charge in [0.25, 0.3) is 0 Å². The highest BCUT2D eigenvalue weighted by atomic mass is 32.1. The first kappa shape index (κ1) is 12.5. The molecule has 5 heteroatoms. The minimum Gasteiger partial charge on any atom is -0.320 e. The van der Waals surface area contributed by atoms with E-state index in [0.29, 0.717) is 17.5 Å². The zero-order chi connectivity index (χ0) is 12.4. The fourth-order valence-electron chi connectivity index (χ4n) is 2.06. The summed E-state index contributed by atoms with van der Waals surface area (Å²) in [5, 5.41) is 3.53. The van der Waals surface area contributed by atoms with Gasteiger partial charge in [-0.05, 0) is 31.6 Å². The van der Waals surface area contributed by atoms with E-state index in [1.807, 2.05) is 0 Å². The summed E-state index contributed by atoms with van der Waals surface area (Å²) in [5.41, 5.74) is 6.98. The smallest absolute Gasteiger partial charge is 0.243 e. The number of carbonyl (C=O) groups is 1. The molecule has 0 aromatic carbocycles. The van der Waals surface area contributed by atoms with Gasteiger partial charge >= 0.3 is 0 Å². The lowest BCUT2D eigenvalue weighted by atomic mass is 10.0. The van der Waals surface area contributed by atoms with Gasteiger partial charge in [0.1, 0.15) is 0 Å². The average molecular weight is 253 g/mol. The van der Waals surface area contributed by atoms with Crippen molar-refractivity contribution >= 4 is 22.4 Å². The Morgan fingerprint density at radius 1 is 1.53 bits per heavy atom. The highest BCUT2D eigenvalue weighted by Gasteiger charge is 2.20. The Labute approximate surface area is 106 Å². The van der Waals surface area contributed by atoms with E-state index in [1.54, 1.807) is 11.3 Å². The second-order valence-corrected chi connectivity index (χ2v) is 6.05. The van der Waals surface area contributed by atoms with Crippen LogP contribution in [0.15, 0.2) is 0 Å². The van der Waals surface area contributed by atoms with Gasteiger partial charge in [0.2, 0.25) is 5.91 Å². The molecule has 0 fully saturated rings. The van der Waals surface area contributed by atoms with E-state index in [4.69, 9.17) is 5.73 Å². The van der Waals surface area contributed by atoms with Crippen LogP contribution in [0.1, 0.15) is 37.3 Å². The number of hydrogen-bond donors (Lipinski definition) is 2. The molecule has 0 spiro atoms. The number of nitrogens with two attached hydrogens (primary N) is 1. The van der Waals surface area contributed by atoms with Crippen molar-refractivity contribution in [1.29, 1.82) is 0 Å². The van der Waals surface area contributed by atoms with E-state index in [0.717, 1.165) is 18.5 Å². The molecule has 1 heterocycles. The highest BCUT2D eigenvalue weighted by molar-refractivity contribution is 7.15. The van der Waals surface area contributed by atoms with Gasteiger partial charge in [-0.1, -0.05) is 13.8 Å². The molecule has 0 saturated heterocycles. The second kappa shape index (κ2) is 5.14. The van der Waals surface area contributed by atoms with Crippen molar-refractivity contribution in [2.45, 2.75) is 45.6 Å². The molecule has 1 aliphatic carbocycles. The molecule has 3 N–H and O–H groups in total. The number of aryl methyl sites for hydroxylation is 2. The van der Waals surface area contributed by atoms with Crippen LogP contribution in [0.3, 0.4) is 0 Å². The maximum absolute atomic E-state index is 11.8. The topological polar surface area (TPSA) is 68.0 Å². The van der Waals surface area contributed by atoms with Crippen LogP contribution < -0.4 is 11.1 Å². The van der Waals surface area contributed by atoms with E-state index >= 15 is 0 Å². The van der Waals surface area contributed by atoms with Gasteiger partial charge in [-0.15, -0.1) is 11.3 Å². The molecule has 1 aromatic rings. The SMILES string of the molecule is CC(C)C[C@H](N)C(=O)Nc1nc2c(s1)CCC2. The zero-order valence-corrected chi connectivity index (χ0v) is 11.1. The van der Waals surface area contributed by atoms with Crippen molar-refractivity contribution in [3.05, 3.63) is 10.6 Å². The molecule has 0 radical (unpaired) electrons. The second-order valence-electron chi connectivity index (χ2n) is 4.97. The van der Waals surface area contributed by atoms with Crippen molar-refractivity contribution in [2.24, 2.45) is 11.7 Å². The molecular formula is C12H19N3OS. The largest absolute Gasteiger partial charge is 0.320 e.